The molecule has 4 nitrogen and oxygen atoms in total. The molecule has 110 valence electrons. The maximum absolute atomic E-state index is 12.1. The zero-order valence-electron chi connectivity index (χ0n) is 12.0. The molecule has 0 saturated carbocycles. The lowest BCUT2D eigenvalue weighted by molar-refractivity contribution is -0.148. The Kier molecular flexibility index (Phi) is 6.02. The highest BCUT2D eigenvalue weighted by Crippen LogP contribution is 2.20. The minimum atomic E-state index is -0.237. The first-order chi connectivity index (χ1) is 9.81. The summed E-state index contributed by atoms with van der Waals surface area (Å²) in [6, 6.07) is 9.87. The third-order valence-corrected chi connectivity index (χ3v) is 3.65. The van der Waals surface area contributed by atoms with Crippen LogP contribution in [0.4, 0.5) is 0 Å². The average Bonchev–Trinajstić information content (AvgIpc) is 2.50. The second-order valence-corrected chi connectivity index (χ2v) is 5.05. The van der Waals surface area contributed by atoms with Crippen LogP contribution >= 0.6 is 0 Å². The van der Waals surface area contributed by atoms with Crippen molar-refractivity contribution < 1.29 is 14.3 Å². The highest BCUT2D eigenvalue weighted by Gasteiger charge is 2.30. The number of esters is 1. The van der Waals surface area contributed by atoms with E-state index in [0.717, 1.165) is 26.1 Å². The number of carbonyl (C=O) groups is 1. The number of hydrogen-bond acceptors (Lipinski definition) is 4. The van der Waals surface area contributed by atoms with Crippen LogP contribution in [0.1, 0.15) is 25.3 Å². The smallest absolute Gasteiger partial charge is 0.323 e. The van der Waals surface area contributed by atoms with Gasteiger partial charge in [-0.3, -0.25) is 4.79 Å². The van der Waals surface area contributed by atoms with Gasteiger partial charge in [-0.2, -0.15) is 0 Å². The van der Waals surface area contributed by atoms with Crippen LogP contribution in [0.2, 0.25) is 0 Å². The average molecular weight is 277 g/mol. The lowest BCUT2D eigenvalue weighted by atomic mass is 9.91. The van der Waals surface area contributed by atoms with Gasteiger partial charge in [-0.15, -0.1) is 0 Å². The number of nitrogens with one attached hydrogen (secondary N) is 1. The highest BCUT2D eigenvalue weighted by molar-refractivity contribution is 5.76. The van der Waals surface area contributed by atoms with E-state index in [4.69, 9.17) is 9.47 Å². The van der Waals surface area contributed by atoms with Crippen LogP contribution in [0.25, 0.3) is 0 Å². The molecule has 1 aromatic rings. The molecular formula is C16H23NO3. The third-order valence-electron chi connectivity index (χ3n) is 3.65. The van der Waals surface area contributed by atoms with E-state index in [-0.39, 0.29) is 12.0 Å². The van der Waals surface area contributed by atoms with Gasteiger partial charge in [0.25, 0.3) is 0 Å². The molecule has 0 radical (unpaired) electrons. The molecule has 1 N–H and O–H groups in total. The fourth-order valence-electron chi connectivity index (χ4n) is 2.55. The van der Waals surface area contributed by atoms with E-state index in [1.54, 1.807) is 0 Å². The van der Waals surface area contributed by atoms with Crippen LogP contribution in [0.5, 0.6) is 0 Å². The van der Waals surface area contributed by atoms with E-state index < -0.39 is 0 Å². The van der Waals surface area contributed by atoms with Crippen molar-refractivity contribution >= 4 is 5.97 Å². The molecule has 0 aliphatic carbocycles. The Bertz CT molecular complexity index is 401. The molecule has 1 atom stereocenters. The van der Waals surface area contributed by atoms with Gasteiger partial charge in [0.05, 0.1) is 6.61 Å². The summed E-state index contributed by atoms with van der Waals surface area (Å²) in [5.41, 5.74) is 1.17. The van der Waals surface area contributed by atoms with Crippen LogP contribution in [0, 0.1) is 5.92 Å². The summed E-state index contributed by atoms with van der Waals surface area (Å²) in [7, 11) is 0. The molecule has 1 aliphatic heterocycles. The predicted octanol–water partition coefficient (Wildman–Crippen LogP) is 2.13. The second kappa shape index (κ2) is 8.02. The lowest BCUT2D eigenvalue weighted by Gasteiger charge is -2.29. The first-order valence-corrected chi connectivity index (χ1v) is 7.33. The van der Waals surface area contributed by atoms with E-state index in [1.165, 1.54) is 5.56 Å². The summed E-state index contributed by atoms with van der Waals surface area (Å²) in [6.45, 7) is 4.41. The number of hydrogen-bond donors (Lipinski definition) is 1. The van der Waals surface area contributed by atoms with Gasteiger partial charge in [-0.05, 0) is 31.2 Å². The maximum atomic E-state index is 12.1. The number of carbonyl (C=O) groups excluding carboxylic acids is 1. The summed E-state index contributed by atoms with van der Waals surface area (Å²) in [5.74, 6) is 0.154. The van der Waals surface area contributed by atoms with E-state index in [2.05, 4.69) is 17.4 Å². The molecule has 1 heterocycles. The van der Waals surface area contributed by atoms with Crippen molar-refractivity contribution in [3.63, 3.8) is 0 Å². The van der Waals surface area contributed by atoms with Gasteiger partial charge < -0.3 is 14.8 Å². The van der Waals surface area contributed by atoms with E-state index in [9.17, 15) is 4.79 Å². The molecular weight excluding hydrogens is 254 g/mol. The topological polar surface area (TPSA) is 47.6 Å². The number of benzene rings is 1. The summed E-state index contributed by atoms with van der Waals surface area (Å²) in [6.07, 6.45) is 1.82. The van der Waals surface area contributed by atoms with E-state index in [1.807, 2.05) is 25.1 Å². The SMILES string of the molecule is CCOC(=O)C(NCc1ccccc1)C1CCOCC1. The first-order valence-electron chi connectivity index (χ1n) is 7.33. The van der Waals surface area contributed by atoms with Gasteiger partial charge in [0.15, 0.2) is 0 Å². The first kappa shape index (κ1) is 15.0. The van der Waals surface area contributed by atoms with Gasteiger partial charge in [-0.25, -0.2) is 0 Å². The van der Waals surface area contributed by atoms with Crippen molar-refractivity contribution in [1.29, 1.82) is 0 Å². The fraction of sp³-hybridized carbons (Fsp3) is 0.562. The van der Waals surface area contributed by atoms with Crippen molar-refractivity contribution in [1.82, 2.24) is 5.32 Å². The maximum Gasteiger partial charge on any atom is 0.323 e. The molecule has 1 aromatic carbocycles. The van der Waals surface area contributed by atoms with Crippen molar-refractivity contribution in [3.8, 4) is 0 Å². The second-order valence-electron chi connectivity index (χ2n) is 5.05. The normalized spacial score (nSPS) is 17.6. The van der Waals surface area contributed by atoms with E-state index in [0.29, 0.717) is 19.1 Å². The Morgan fingerprint density at radius 1 is 1.35 bits per heavy atom. The van der Waals surface area contributed by atoms with Crippen LogP contribution in [0.3, 0.4) is 0 Å². The molecule has 20 heavy (non-hydrogen) atoms. The van der Waals surface area contributed by atoms with Crippen molar-refractivity contribution in [2.45, 2.75) is 32.4 Å². The summed E-state index contributed by atoms with van der Waals surface area (Å²) in [5, 5.41) is 3.36. The Labute approximate surface area is 120 Å². The zero-order chi connectivity index (χ0) is 14.2. The van der Waals surface area contributed by atoms with Crippen LogP contribution in [-0.4, -0.2) is 31.8 Å². The summed E-state index contributed by atoms with van der Waals surface area (Å²) >= 11 is 0. The largest absolute Gasteiger partial charge is 0.465 e. The monoisotopic (exact) mass is 277 g/mol. The standard InChI is InChI=1S/C16H23NO3/c1-2-20-16(18)15(14-8-10-19-11-9-14)17-12-13-6-4-3-5-7-13/h3-7,14-15,17H,2,8-12H2,1H3. The predicted molar refractivity (Wildman–Crippen MR) is 77.2 cm³/mol. The van der Waals surface area contributed by atoms with Crippen molar-refractivity contribution in [2.24, 2.45) is 5.92 Å². The quantitative estimate of drug-likeness (QED) is 0.809. The Morgan fingerprint density at radius 2 is 2.05 bits per heavy atom. The third kappa shape index (κ3) is 4.32. The number of ether oxygens (including phenoxy) is 2. The molecule has 0 aromatic heterocycles. The molecule has 0 spiro atoms. The highest BCUT2D eigenvalue weighted by atomic mass is 16.5. The van der Waals surface area contributed by atoms with Crippen LogP contribution in [0.15, 0.2) is 30.3 Å². The molecule has 4 heteroatoms. The lowest BCUT2D eigenvalue weighted by Crippen LogP contribution is -2.45. The van der Waals surface area contributed by atoms with Gasteiger partial charge in [-0.1, -0.05) is 30.3 Å². The van der Waals surface area contributed by atoms with Crippen molar-refractivity contribution in [2.75, 3.05) is 19.8 Å². The van der Waals surface area contributed by atoms with Gasteiger partial charge in [0, 0.05) is 19.8 Å². The molecule has 2 rings (SSSR count). The Hall–Kier alpha value is -1.39. The van der Waals surface area contributed by atoms with Gasteiger partial charge in [0.2, 0.25) is 0 Å². The molecule has 0 bridgehead atoms. The summed E-state index contributed by atoms with van der Waals surface area (Å²) in [4.78, 5) is 12.1. The molecule has 1 fully saturated rings. The molecule has 0 amide bonds. The van der Waals surface area contributed by atoms with Crippen molar-refractivity contribution in [3.05, 3.63) is 35.9 Å². The molecule has 1 aliphatic rings. The number of rotatable bonds is 6. The minimum absolute atomic E-state index is 0.143. The Balaban J connectivity index is 1.96. The molecule has 1 saturated heterocycles. The van der Waals surface area contributed by atoms with Crippen LogP contribution < -0.4 is 5.32 Å². The summed E-state index contributed by atoms with van der Waals surface area (Å²) < 4.78 is 10.6. The zero-order valence-corrected chi connectivity index (χ0v) is 12.0. The van der Waals surface area contributed by atoms with Gasteiger partial charge >= 0.3 is 5.97 Å². The van der Waals surface area contributed by atoms with E-state index >= 15 is 0 Å². The van der Waals surface area contributed by atoms with Crippen LogP contribution in [-0.2, 0) is 20.8 Å². The Morgan fingerprint density at radius 3 is 2.70 bits per heavy atom. The van der Waals surface area contributed by atoms with Gasteiger partial charge in [0.1, 0.15) is 6.04 Å². The minimum Gasteiger partial charge on any atom is -0.465 e. The fourth-order valence-corrected chi connectivity index (χ4v) is 2.55. The molecule has 1 unspecified atom stereocenters.